The van der Waals surface area contributed by atoms with Gasteiger partial charge in [-0.2, -0.15) is 5.10 Å². The minimum atomic E-state index is -1.12. The van der Waals surface area contributed by atoms with Crippen molar-refractivity contribution in [3.05, 3.63) is 98.0 Å². The second-order valence-electron chi connectivity index (χ2n) is 16.4. The normalized spacial score (nSPS) is 14.3. The van der Waals surface area contributed by atoms with E-state index in [1.54, 1.807) is 36.3 Å². The fraction of sp³-hybridized carbons (Fsp3) is 0.378. The maximum absolute atomic E-state index is 15.3. The summed E-state index contributed by atoms with van der Waals surface area (Å²) < 4.78 is 17.3. The number of fused-ring (bicyclic) bond motifs is 4. The van der Waals surface area contributed by atoms with E-state index in [2.05, 4.69) is 16.8 Å². The highest BCUT2D eigenvalue weighted by Gasteiger charge is 2.38. The Hall–Kier alpha value is -5.46. The first-order chi connectivity index (χ1) is 27.9. The quantitative estimate of drug-likeness (QED) is 0.124. The minimum absolute atomic E-state index is 0.0401. The Morgan fingerprint density at radius 1 is 1.00 bits per heavy atom. The highest BCUT2D eigenvalue weighted by molar-refractivity contribution is 6.35. The number of nitrogens with zero attached hydrogens (tertiary/aromatic N) is 5. The third kappa shape index (κ3) is 7.76. The number of rotatable bonds is 11. The van der Waals surface area contributed by atoms with Crippen LogP contribution in [0.2, 0.25) is 10.0 Å². The molecule has 1 atom stereocenters. The van der Waals surface area contributed by atoms with Crippen LogP contribution in [-0.2, 0) is 24.8 Å². The summed E-state index contributed by atoms with van der Waals surface area (Å²) in [6, 6.07) is 14.7. The van der Waals surface area contributed by atoms with Crippen LogP contribution in [0.25, 0.3) is 32.9 Å². The van der Waals surface area contributed by atoms with E-state index >= 15 is 4.79 Å². The zero-order valence-electron chi connectivity index (χ0n) is 34.9. The number of anilines is 1. The van der Waals surface area contributed by atoms with Crippen molar-refractivity contribution >= 4 is 68.7 Å². The van der Waals surface area contributed by atoms with Crippen molar-refractivity contribution in [3.63, 3.8) is 0 Å². The number of aromatic carboxylic acids is 1. The van der Waals surface area contributed by atoms with Gasteiger partial charge in [-0.25, -0.2) is 9.59 Å². The summed E-state index contributed by atoms with van der Waals surface area (Å²) >= 11 is 13.6. The third-order valence-corrected chi connectivity index (χ3v) is 11.9. The molecule has 59 heavy (non-hydrogen) atoms. The van der Waals surface area contributed by atoms with Crippen LogP contribution in [-0.4, -0.2) is 67.3 Å². The minimum Gasteiger partial charge on any atom is -0.494 e. The fourth-order valence-electron chi connectivity index (χ4n) is 8.45. The Bertz CT molecular complexity index is 2640. The fourth-order valence-corrected chi connectivity index (χ4v) is 8.81. The Morgan fingerprint density at radius 3 is 2.36 bits per heavy atom. The molecule has 0 saturated heterocycles. The summed E-state index contributed by atoms with van der Waals surface area (Å²) in [4.78, 5) is 42.2. The van der Waals surface area contributed by atoms with Crippen LogP contribution in [0.15, 0.2) is 48.5 Å². The molecular weight excluding hydrogens is 791 g/mol. The molecule has 0 saturated carbocycles. The molecule has 0 fully saturated rings. The number of amides is 2. The third-order valence-electron chi connectivity index (χ3n) is 11.0. The van der Waals surface area contributed by atoms with Crippen molar-refractivity contribution in [2.45, 2.75) is 86.4 Å². The summed E-state index contributed by atoms with van der Waals surface area (Å²) in [5, 5.41) is 20.6. The van der Waals surface area contributed by atoms with Crippen molar-refractivity contribution in [2.24, 2.45) is 7.05 Å². The van der Waals surface area contributed by atoms with Crippen LogP contribution < -0.4 is 15.0 Å². The summed E-state index contributed by atoms with van der Waals surface area (Å²) in [5.41, 5.74) is 8.20. The number of hydrogen-bond donors (Lipinski definition) is 2. The van der Waals surface area contributed by atoms with Gasteiger partial charge in [0.05, 0.1) is 34.0 Å². The molecule has 0 bridgehead atoms. The van der Waals surface area contributed by atoms with Gasteiger partial charge in [0.25, 0.3) is 5.91 Å². The molecule has 2 N–H and O–H groups in total. The Balaban J connectivity index is 1.34. The monoisotopic (exact) mass is 840 g/mol. The van der Waals surface area contributed by atoms with Gasteiger partial charge in [0.1, 0.15) is 22.7 Å². The first-order valence-corrected chi connectivity index (χ1v) is 20.5. The lowest BCUT2D eigenvalue weighted by molar-refractivity contribution is 0.0526. The molecule has 12 nitrogen and oxygen atoms in total. The number of ether oxygens (including phenoxy) is 2. The van der Waals surface area contributed by atoms with Crippen molar-refractivity contribution in [1.29, 1.82) is 0 Å². The highest BCUT2D eigenvalue weighted by Crippen LogP contribution is 2.46. The van der Waals surface area contributed by atoms with E-state index in [0.717, 1.165) is 60.9 Å². The second kappa shape index (κ2) is 16.0. The van der Waals surface area contributed by atoms with Crippen LogP contribution in [0.5, 0.6) is 5.75 Å². The molecule has 7 rings (SSSR count). The lowest BCUT2D eigenvalue weighted by Gasteiger charge is -2.35. The predicted octanol–water partition coefficient (Wildman–Crippen LogP) is 9.99. The molecule has 4 heterocycles. The molecule has 3 aromatic heterocycles. The Labute approximate surface area is 353 Å². The molecular formula is C45H50Cl2N6O6. The van der Waals surface area contributed by atoms with E-state index in [1.165, 1.54) is 0 Å². The summed E-state index contributed by atoms with van der Waals surface area (Å²) in [6.07, 6.45) is 0.539. The number of benzene rings is 3. The zero-order valence-corrected chi connectivity index (χ0v) is 36.4. The Morgan fingerprint density at radius 2 is 1.71 bits per heavy atom. The number of nitrogens with one attached hydrogen (secondary N) is 1. The number of carbonyl (C=O) groups excluding carboxylic acids is 2. The second-order valence-corrected chi connectivity index (χ2v) is 17.2. The number of hydrogen-bond acceptors (Lipinski definition) is 6. The molecule has 14 heteroatoms. The molecule has 1 aliphatic rings. The number of aromatic nitrogens is 4. The van der Waals surface area contributed by atoms with E-state index in [-0.39, 0.29) is 30.7 Å². The van der Waals surface area contributed by atoms with Gasteiger partial charge in [0.2, 0.25) is 0 Å². The number of aryl methyl sites for hydroxylation is 5. The van der Waals surface area contributed by atoms with E-state index in [9.17, 15) is 14.7 Å². The molecule has 0 aliphatic carbocycles. The van der Waals surface area contributed by atoms with Crippen molar-refractivity contribution in [2.75, 3.05) is 24.6 Å². The number of alkyl carbamates (subject to hydrolysis) is 1. The number of carbonyl (C=O) groups is 3. The van der Waals surface area contributed by atoms with Crippen LogP contribution in [0.3, 0.4) is 0 Å². The average molecular weight is 842 g/mol. The highest BCUT2D eigenvalue weighted by atomic mass is 35.5. The number of carboxylic acids is 1. The van der Waals surface area contributed by atoms with E-state index in [1.807, 2.05) is 81.9 Å². The van der Waals surface area contributed by atoms with Gasteiger partial charge in [0, 0.05) is 65.3 Å². The van der Waals surface area contributed by atoms with E-state index < -0.39 is 17.7 Å². The van der Waals surface area contributed by atoms with Crippen molar-refractivity contribution in [3.8, 4) is 16.9 Å². The van der Waals surface area contributed by atoms with Gasteiger partial charge in [-0.3, -0.25) is 9.48 Å². The molecule has 6 aromatic rings. The molecule has 2 amide bonds. The van der Waals surface area contributed by atoms with Gasteiger partial charge in [-0.15, -0.1) is 0 Å². The number of halogens is 2. The van der Waals surface area contributed by atoms with Crippen LogP contribution in [0, 0.1) is 27.7 Å². The lowest BCUT2D eigenvalue weighted by Crippen LogP contribution is -2.43. The van der Waals surface area contributed by atoms with Gasteiger partial charge in [-0.05, 0) is 115 Å². The molecule has 1 aliphatic heterocycles. The molecule has 0 spiro atoms. The zero-order chi connectivity index (χ0) is 42.7. The summed E-state index contributed by atoms with van der Waals surface area (Å²) in [7, 11) is 1.91. The van der Waals surface area contributed by atoms with Crippen molar-refractivity contribution in [1.82, 2.24) is 24.2 Å². The van der Waals surface area contributed by atoms with Gasteiger partial charge in [0.15, 0.2) is 0 Å². The maximum atomic E-state index is 15.3. The van der Waals surface area contributed by atoms with Gasteiger partial charge < -0.3 is 33.9 Å². The van der Waals surface area contributed by atoms with Gasteiger partial charge >= 0.3 is 12.1 Å². The van der Waals surface area contributed by atoms with Gasteiger partial charge in [-0.1, -0.05) is 41.4 Å². The van der Waals surface area contributed by atoms with Crippen LogP contribution in [0.1, 0.15) is 89.2 Å². The molecule has 310 valence electrons. The molecule has 3 aromatic carbocycles. The average Bonchev–Trinajstić information content (AvgIpc) is 3.78. The molecule has 0 unspecified atom stereocenters. The van der Waals surface area contributed by atoms with Crippen LogP contribution in [0.4, 0.5) is 10.5 Å². The largest absolute Gasteiger partial charge is 0.494 e. The summed E-state index contributed by atoms with van der Waals surface area (Å²) in [5.74, 6) is -0.606. The topological polar surface area (TPSA) is 133 Å². The number of para-hydroxylation sites is 1. The summed E-state index contributed by atoms with van der Waals surface area (Å²) in [6.45, 7) is 16.2. The SMILES string of the molecule is Cc1cc(OCCCc2c3n(c4c(-c5c(C)nn(C)c5C)c(Cl)ccc24)[C@H](C)CN(c2cccc4cc(C(=O)O)n(CCNC(=O)OC(C)(C)C)c24)C3=O)cc(C)c1Cl. The standard InChI is InChI=1S/C45H50Cl2N6O6/c1-24-20-30(21-25(2)38(24)47)58-19-11-13-31-32-15-16-33(46)37(36-27(4)49-50(9)28(36)5)40(32)53-26(3)23-52(42(54)41(31)53)34-14-10-12-29-22-35(43(55)56)51(39(29)34)18-17-48-44(57)59-45(6,7)8/h10,12,14-16,20-22,26H,11,13,17-19,23H2,1-9H3,(H,48,57)(H,55,56)/t26-/m1/s1. The smallest absolute Gasteiger partial charge is 0.407 e. The van der Waals surface area contributed by atoms with E-state index in [0.29, 0.717) is 53.3 Å². The first-order valence-electron chi connectivity index (χ1n) is 19.8. The number of carboxylic acid groups (broad SMARTS) is 1. The van der Waals surface area contributed by atoms with E-state index in [4.69, 9.17) is 37.8 Å². The molecule has 0 radical (unpaired) electrons. The van der Waals surface area contributed by atoms with Crippen LogP contribution >= 0.6 is 23.2 Å². The van der Waals surface area contributed by atoms with Crippen molar-refractivity contribution < 1.29 is 29.0 Å². The lowest BCUT2D eigenvalue weighted by atomic mass is 9.98. The Kier molecular flexibility index (Phi) is 11.3. The predicted molar refractivity (Wildman–Crippen MR) is 233 cm³/mol. The first kappa shape index (κ1) is 41.7. The maximum Gasteiger partial charge on any atom is 0.407 e.